The minimum atomic E-state index is 0.171. The first kappa shape index (κ1) is 32.0. The van der Waals surface area contributed by atoms with Crippen LogP contribution in [0.15, 0.2) is 199 Å². The van der Waals surface area contributed by atoms with Gasteiger partial charge in [0.1, 0.15) is 11.2 Å². The molecule has 11 aromatic rings. The van der Waals surface area contributed by atoms with Crippen molar-refractivity contribution in [1.29, 1.82) is 0 Å². The number of thiophene rings is 1. The summed E-state index contributed by atoms with van der Waals surface area (Å²) in [4.78, 5) is 2.53. The Bertz CT molecular complexity index is 3540. The first-order chi connectivity index (χ1) is 28.8. The van der Waals surface area contributed by atoms with Crippen LogP contribution in [0.4, 0.5) is 11.4 Å². The molecule has 4 heterocycles. The van der Waals surface area contributed by atoms with Gasteiger partial charge in [-0.1, -0.05) is 127 Å². The van der Waals surface area contributed by atoms with Crippen molar-refractivity contribution < 1.29 is 4.42 Å². The molecule has 8 aromatic carbocycles. The second-order valence-electron chi connectivity index (χ2n) is 15.6. The monoisotopic (exact) mass is 758 g/mol. The lowest BCUT2D eigenvalue weighted by molar-refractivity contribution is 0.669. The van der Waals surface area contributed by atoms with E-state index in [4.69, 9.17) is 4.42 Å². The van der Waals surface area contributed by atoms with Gasteiger partial charge in [0.15, 0.2) is 0 Å². The molecule has 2 aliphatic rings. The fourth-order valence-electron chi connectivity index (χ4n) is 10.1. The smallest absolute Gasteiger partial charge is 0.135 e. The van der Waals surface area contributed by atoms with Gasteiger partial charge in [0.05, 0.1) is 17.1 Å². The third-order valence-corrected chi connectivity index (χ3v) is 13.8. The number of allylic oxidation sites excluding steroid dienone is 2. The van der Waals surface area contributed by atoms with E-state index < -0.39 is 0 Å². The summed E-state index contributed by atoms with van der Waals surface area (Å²) < 4.78 is 11.4. The molecule has 3 nitrogen and oxygen atoms in total. The van der Waals surface area contributed by atoms with Gasteiger partial charge in [-0.25, -0.2) is 0 Å². The van der Waals surface area contributed by atoms with Crippen LogP contribution in [0, 0.1) is 0 Å². The van der Waals surface area contributed by atoms with Crippen LogP contribution in [-0.4, -0.2) is 10.6 Å². The average molecular weight is 759 g/mol. The molecule has 1 aliphatic heterocycles. The number of nitrogens with zero attached hydrogens (tertiary/aromatic N) is 2. The second-order valence-corrected chi connectivity index (χ2v) is 16.6. The van der Waals surface area contributed by atoms with E-state index in [1.807, 2.05) is 17.4 Å². The highest BCUT2D eigenvalue weighted by atomic mass is 32.1. The second kappa shape index (κ2) is 12.2. The van der Waals surface area contributed by atoms with Crippen molar-refractivity contribution in [2.75, 3.05) is 4.90 Å². The molecule has 0 fully saturated rings. The predicted octanol–water partition coefficient (Wildman–Crippen LogP) is 15.0. The summed E-state index contributed by atoms with van der Waals surface area (Å²) in [6, 6.07) is 64.6. The molecule has 0 saturated heterocycles. The molecule has 272 valence electrons. The Morgan fingerprint density at radius 2 is 1.28 bits per heavy atom. The van der Waals surface area contributed by atoms with Crippen molar-refractivity contribution >= 4 is 92.2 Å². The summed E-state index contributed by atoms with van der Waals surface area (Å²) in [7, 11) is 0. The van der Waals surface area contributed by atoms with Crippen LogP contribution in [0.3, 0.4) is 0 Å². The minimum absolute atomic E-state index is 0.171. The molecule has 13 rings (SSSR count). The zero-order valence-corrected chi connectivity index (χ0v) is 32.2. The molecule has 0 N–H and O–H groups in total. The van der Waals surface area contributed by atoms with E-state index in [1.54, 1.807) is 0 Å². The topological polar surface area (TPSA) is 21.3 Å². The molecule has 2 unspecified atom stereocenters. The lowest BCUT2D eigenvalue weighted by Crippen LogP contribution is -2.30. The van der Waals surface area contributed by atoms with E-state index in [-0.39, 0.29) is 12.0 Å². The lowest BCUT2D eigenvalue weighted by Gasteiger charge is -2.31. The third-order valence-electron chi connectivity index (χ3n) is 12.5. The Balaban J connectivity index is 1.05. The van der Waals surface area contributed by atoms with Gasteiger partial charge in [0.2, 0.25) is 0 Å². The average Bonchev–Trinajstić information content (AvgIpc) is 4.04. The number of fused-ring (bicyclic) bond motifs is 12. The van der Waals surface area contributed by atoms with Gasteiger partial charge in [0, 0.05) is 70.3 Å². The number of para-hydroxylation sites is 4. The third kappa shape index (κ3) is 4.49. The van der Waals surface area contributed by atoms with Gasteiger partial charge in [-0.3, -0.25) is 0 Å². The van der Waals surface area contributed by atoms with Crippen LogP contribution in [0.25, 0.3) is 86.3 Å². The van der Waals surface area contributed by atoms with Crippen molar-refractivity contribution in [3.8, 4) is 16.8 Å². The summed E-state index contributed by atoms with van der Waals surface area (Å²) in [5.74, 6) is 0.183. The highest BCUT2D eigenvalue weighted by Crippen LogP contribution is 2.54. The minimum Gasteiger partial charge on any atom is -0.456 e. The van der Waals surface area contributed by atoms with Crippen LogP contribution in [0.5, 0.6) is 0 Å². The Hall–Kier alpha value is -7.14. The Morgan fingerprint density at radius 1 is 0.517 bits per heavy atom. The standard InChI is InChI=1S/C54H34N2OS/c1-2-14-34(15-3-1)55-45-22-8-4-18-40(45)52-38(20-12-24-47(52)55)39-21-13-25-48-53(39)41-19-5-9-23-46(41)56(48)35-31-42(54-44(32-35)37-17-7-11-27-51(37)58-54)33-28-29-50-43(30-33)36-16-6-10-26-49(36)57-50/h1-32,47,52H. The fourth-order valence-corrected chi connectivity index (χ4v) is 11.4. The SMILES string of the molecule is C1=CC2C(C(c3cccc4c3c3ccccc3n4-c3cc(-c4ccc5oc6ccccc6c5c4)c4sc5ccccc5c4c3)=C1)c1ccccc1N2c1ccccc1. The van der Waals surface area contributed by atoms with Crippen molar-refractivity contribution in [2.45, 2.75) is 12.0 Å². The van der Waals surface area contributed by atoms with E-state index in [9.17, 15) is 0 Å². The van der Waals surface area contributed by atoms with Crippen molar-refractivity contribution in [2.24, 2.45) is 0 Å². The Morgan fingerprint density at radius 3 is 2.21 bits per heavy atom. The molecule has 0 spiro atoms. The van der Waals surface area contributed by atoms with Crippen LogP contribution in [0.1, 0.15) is 17.0 Å². The molecule has 3 aromatic heterocycles. The van der Waals surface area contributed by atoms with E-state index in [1.165, 1.54) is 81.2 Å². The van der Waals surface area contributed by atoms with Gasteiger partial charge in [0.25, 0.3) is 0 Å². The number of furan rings is 1. The van der Waals surface area contributed by atoms with Crippen molar-refractivity contribution in [3.63, 3.8) is 0 Å². The Kier molecular flexibility index (Phi) is 6.72. The van der Waals surface area contributed by atoms with Crippen molar-refractivity contribution in [1.82, 2.24) is 4.57 Å². The zero-order valence-electron chi connectivity index (χ0n) is 31.3. The van der Waals surface area contributed by atoms with Gasteiger partial charge in [-0.15, -0.1) is 11.3 Å². The highest BCUT2D eigenvalue weighted by Gasteiger charge is 2.41. The van der Waals surface area contributed by atoms with Gasteiger partial charge < -0.3 is 13.9 Å². The molecular weight excluding hydrogens is 725 g/mol. The van der Waals surface area contributed by atoms with Crippen LogP contribution in [-0.2, 0) is 0 Å². The number of rotatable bonds is 4. The molecule has 1 aliphatic carbocycles. The van der Waals surface area contributed by atoms with Crippen molar-refractivity contribution in [3.05, 3.63) is 205 Å². The maximum absolute atomic E-state index is 6.28. The largest absolute Gasteiger partial charge is 0.456 e. The molecule has 2 atom stereocenters. The fraction of sp³-hybridized carbons (Fsp3) is 0.0370. The number of hydrogen-bond donors (Lipinski definition) is 0. The summed E-state index contributed by atoms with van der Waals surface area (Å²) in [6.45, 7) is 0. The maximum Gasteiger partial charge on any atom is 0.135 e. The molecule has 0 radical (unpaired) electrons. The first-order valence-electron chi connectivity index (χ1n) is 20.0. The predicted molar refractivity (Wildman–Crippen MR) is 245 cm³/mol. The van der Waals surface area contributed by atoms with Gasteiger partial charge in [-0.2, -0.15) is 0 Å². The summed E-state index contributed by atoms with van der Waals surface area (Å²) in [5.41, 5.74) is 14.3. The Labute approximate surface area is 338 Å². The van der Waals surface area contributed by atoms with E-state index in [0.29, 0.717) is 0 Å². The van der Waals surface area contributed by atoms with E-state index >= 15 is 0 Å². The molecular formula is C54H34N2OS. The summed E-state index contributed by atoms with van der Waals surface area (Å²) in [6.07, 6.45) is 7.03. The molecule has 0 saturated carbocycles. The molecule has 0 amide bonds. The van der Waals surface area contributed by atoms with Crippen LogP contribution in [0.2, 0.25) is 0 Å². The lowest BCUT2D eigenvalue weighted by atomic mass is 9.79. The van der Waals surface area contributed by atoms with E-state index in [2.05, 4.69) is 198 Å². The van der Waals surface area contributed by atoms with Gasteiger partial charge >= 0.3 is 0 Å². The van der Waals surface area contributed by atoms with E-state index in [0.717, 1.165) is 27.6 Å². The highest BCUT2D eigenvalue weighted by molar-refractivity contribution is 7.26. The number of hydrogen-bond acceptors (Lipinski definition) is 3. The molecule has 4 heteroatoms. The van der Waals surface area contributed by atoms with Crippen LogP contribution < -0.4 is 4.90 Å². The number of anilines is 2. The normalized spacial score (nSPS) is 16.3. The first-order valence-corrected chi connectivity index (χ1v) is 20.8. The summed E-state index contributed by atoms with van der Waals surface area (Å²) in [5, 5.41) is 7.39. The molecule has 58 heavy (non-hydrogen) atoms. The molecule has 0 bridgehead atoms. The summed E-state index contributed by atoms with van der Waals surface area (Å²) >= 11 is 1.88. The maximum atomic E-state index is 6.28. The van der Waals surface area contributed by atoms with Gasteiger partial charge in [-0.05, 0) is 89.0 Å². The number of aromatic nitrogens is 1. The zero-order chi connectivity index (χ0) is 37.9. The quantitative estimate of drug-likeness (QED) is 0.178. The van der Waals surface area contributed by atoms with Crippen LogP contribution >= 0.6 is 11.3 Å². The number of benzene rings is 8.